The Hall–Kier alpha value is -1.45. The Bertz CT molecular complexity index is 596. The lowest BCUT2D eigenvalue weighted by atomic mass is 10.1. The molecule has 0 aliphatic carbocycles. The minimum absolute atomic E-state index is 0.0811. The van der Waals surface area contributed by atoms with Crippen LogP contribution in [0, 0.1) is 0 Å². The molecule has 0 fully saturated rings. The highest BCUT2D eigenvalue weighted by Crippen LogP contribution is 2.31. The summed E-state index contributed by atoms with van der Waals surface area (Å²) in [6, 6.07) is 14.7. The molecule has 4 heteroatoms. The van der Waals surface area contributed by atoms with Gasteiger partial charge in [-0.1, -0.05) is 23.7 Å². The van der Waals surface area contributed by atoms with E-state index in [1.165, 1.54) is 11.8 Å². The second kappa shape index (κ2) is 6.82. The molecule has 2 aromatic carbocycles. The molecule has 1 atom stereocenters. The molecule has 0 saturated carbocycles. The van der Waals surface area contributed by atoms with Crippen molar-refractivity contribution in [2.75, 3.05) is 7.11 Å². The first kappa shape index (κ1) is 14.9. The van der Waals surface area contributed by atoms with Gasteiger partial charge in [-0.2, -0.15) is 0 Å². The zero-order valence-electron chi connectivity index (χ0n) is 11.3. The third-order valence-electron chi connectivity index (χ3n) is 2.88. The second-order valence-corrected chi connectivity index (χ2v) is 6.07. The number of carbonyl (C=O) groups is 1. The minimum Gasteiger partial charge on any atom is -0.497 e. The molecule has 0 aliphatic rings. The Morgan fingerprint density at radius 1 is 1.15 bits per heavy atom. The molecule has 0 saturated heterocycles. The van der Waals surface area contributed by atoms with Crippen LogP contribution in [0.5, 0.6) is 5.75 Å². The van der Waals surface area contributed by atoms with Gasteiger partial charge in [0.2, 0.25) is 0 Å². The predicted octanol–water partition coefficient (Wildman–Crippen LogP) is 4.71. The summed E-state index contributed by atoms with van der Waals surface area (Å²) in [6.07, 6.45) is 0. The molecule has 0 spiro atoms. The maximum Gasteiger partial charge on any atom is 0.175 e. The fraction of sp³-hybridized carbons (Fsp3) is 0.188. The van der Waals surface area contributed by atoms with Gasteiger partial charge < -0.3 is 4.74 Å². The quantitative estimate of drug-likeness (QED) is 0.591. The summed E-state index contributed by atoms with van der Waals surface area (Å²) in [5, 5.41) is 0.482. The average molecular weight is 307 g/mol. The number of ketones is 1. The van der Waals surface area contributed by atoms with Crippen molar-refractivity contribution in [3.05, 3.63) is 59.1 Å². The first-order chi connectivity index (χ1) is 9.61. The standard InChI is InChI=1S/C16H15ClO2S/c1-11(20-15-6-4-3-5-14(15)17)16(18)12-7-9-13(19-2)10-8-12/h3-11H,1-2H3. The molecule has 0 amide bonds. The maximum absolute atomic E-state index is 12.4. The number of hydrogen-bond donors (Lipinski definition) is 0. The van der Waals surface area contributed by atoms with E-state index in [1.807, 2.05) is 31.2 Å². The maximum atomic E-state index is 12.4. The fourth-order valence-corrected chi connectivity index (χ4v) is 3.01. The van der Waals surface area contributed by atoms with Crippen LogP contribution in [-0.2, 0) is 0 Å². The van der Waals surface area contributed by atoms with Crippen molar-refractivity contribution in [3.63, 3.8) is 0 Å². The van der Waals surface area contributed by atoms with Crippen molar-refractivity contribution >= 4 is 29.1 Å². The van der Waals surface area contributed by atoms with Gasteiger partial charge in [0.1, 0.15) is 5.75 Å². The zero-order chi connectivity index (χ0) is 14.5. The summed E-state index contributed by atoms with van der Waals surface area (Å²) in [5.41, 5.74) is 0.679. The molecule has 0 aliphatic heterocycles. The van der Waals surface area contributed by atoms with Crippen molar-refractivity contribution in [1.82, 2.24) is 0 Å². The molecule has 2 rings (SSSR count). The highest BCUT2D eigenvalue weighted by molar-refractivity contribution is 8.00. The van der Waals surface area contributed by atoms with Crippen LogP contribution in [0.2, 0.25) is 5.02 Å². The highest BCUT2D eigenvalue weighted by atomic mass is 35.5. The monoisotopic (exact) mass is 306 g/mol. The number of Topliss-reactive ketones (excluding diaryl/α,β-unsaturated/α-hetero) is 1. The van der Waals surface area contributed by atoms with E-state index < -0.39 is 0 Å². The molecule has 0 bridgehead atoms. The number of hydrogen-bond acceptors (Lipinski definition) is 3. The molecule has 1 unspecified atom stereocenters. The lowest BCUT2D eigenvalue weighted by Gasteiger charge is -2.11. The number of thioether (sulfide) groups is 1. The Kier molecular flexibility index (Phi) is 5.10. The molecular weight excluding hydrogens is 292 g/mol. The lowest BCUT2D eigenvalue weighted by molar-refractivity contribution is 0.0994. The van der Waals surface area contributed by atoms with Gasteiger partial charge in [0.05, 0.1) is 17.4 Å². The number of ether oxygens (including phenoxy) is 1. The van der Waals surface area contributed by atoms with Gasteiger partial charge in [-0.15, -0.1) is 11.8 Å². The number of methoxy groups -OCH3 is 1. The van der Waals surface area contributed by atoms with Crippen molar-refractivity contribution in [3.8, 4) is 5.75 Å². The van der Waals surface area contributed by atoms with E-state index in [4.69, 9.17) is 16.3 Å². The van der Waals surface area contributed by atoms with Crippen LogP contribution < -0.4 is 4.74 Å². The van der Waals surface area contributed by atoms with Gasteiger partial charge in [-0.25, -0.2) is 0 Å². The van der Waals surface area contributed by atoms with Gasteiger partial charge in [0.15, 0.2) is 5.78 Å². The first-order valence-corrected chi connectivity index (χ1v) is 7.47. The summed E-state index contributed by atoms with van der Waals surface area (Å²) in [6.45, 7) is 1.89. The first-order valence-electron chi connectivity index (χ1n) is 6.21. The van der Waals surface area contributed by atoms with Crippen molar-refractivity contribution < 1.29 is 9.53 Å². The Balaban J connectivity index is 2.10. The molecule has 20 heavy (non-hydrogen) atoms. The largest absolute Gasteiger partial charge is 0.497 e. The lowest BCUT2D eigenvalue weighted by Crippen LogP contribution is -2.13. The Morgan fingerprint density at radius 3 is 2.40 bits per heavy atom. The van der Waals surface area contributed by atoms with Crippen LogP contribution in [0.1, 0.15) is 17.3 Å². The zero-order valence-corrected chi connectivity index (χ0v) is 12.9. The smallest absolute Gasteiger partial charge is 0.175 e. The van der Waals surface area contributed by atoms with E-state index >= 15 is 0 Å². The van der Waals surface area contributed by atoms with Gasteiger partial charge in [0.25, 0.3) is 0 Å². The van der Waals surface area contributed by atoms with E-state index in [-0.39, 0.29) is 11.0 Å². The van der Waals surface area contributed by atoms with Crippen LogP contribution in [0.25, 0.3) is 0 Å². The van der Waals surface area contributed by atoms with Crippen LogP contribution in [0.3, 0.4) is 0 Å². The fourth-order valence-electron chi connectivity index (χ4n) is 1.77. The predicted molar refractivity (Wildman–Crippen MR) is 84.1 cm³/mol. The van der Waals surface area contributed by atoms with Crippen LogP contribution in [0.4, 0.5) is 0 Å². The van der Waals surface area contributed by atoms with Gasteiger partial charge in [-0.3, -0.25) is 4.79 Å². The number of halogens is 1. The molecule has 0 radical (unpaired) electrons. The Morgan fingerprint density at radius 2 is 1.80 bits per heavy atom. The molecule has 0 aromatic heterocycles. The van der Waals surface area contributed by atoms with Crippen LogP contribution in [-0.4, -0.2) is 18.1 Å². The van der Waals surface area contributed by atoms with E-state index in [2.05, 4.69) is 0 Å². The topological polar surface area (TPSA) is 26.3 Å². The Labute approximate surface area is 128 Å². The normalized spacial score (nSPS) is 11.9. The molecule has 0 N–H and O–H groups in total. The summed E-state index contributed by atoms with van der Waals surface area (Å²) >= 11 is 7.58. The summed E-state index contributed by atoms with van der Waals surface area (Å²) in [5.74, 6) is 0.825. The van der Waals surface area contributed by atoms with Crippen LogP contribution >= 0.6 is 23.4 Å². The average Bonchev–Trinajstić information content (AvgIpc) is 2.49. The van der Waals surface area contributed by atoms with Crippen molar-refractivity contribution in [2.45, 2.75) is 17.1 Å². The van der Waals surface area contributed by atoms with E-state index in [0.29, 0.717) is 10.6 Å². The van der Waals surface area contributed by atoms with Crippen molar-refractivity contribution in [1.29, 1.82) is 0 Å². The number of carbonyl (C=O) groups excluding carboxylic acids is 1. The molecule has 2 nitrogen and oxygen atoms in total. The molecular formula is C16H15ClO2S. The summed E-state index contributed by atoms with van der Waals surface area (Å²) < 4.78 is 5.09. The second-order valence-electron chi connectivity index (χ2n) is 4.28. The van der Waals surface area contributed by atoms with Gasteiger partial charge in [0, 0.05) is 10.5 Å². The van der Waals surface area contributed by atoms with E-state index in [0.717, 1.165) is 10.6 Å². The van der Waals surface area contributed by atoms with E-state index in [9.17, 15) is 4.79 Å². The third kappa shape index (κ3) is 3.56. The van der Waals surface area contributed by atoms with Crippen molar-refractivity contribution in [2.24, 2.45) is 0 Å². The SMILES string of the molecule is COc1ccc(C(=O)C(C)Sc2ccccc2Cl)cc1. The molecule has 104 valence electrons. The summed E-state index contributed by atoms with van der Waals surface area (Å²) in [7, 11) is 1.60. The van der Waals surface area contributed by atoms with Crippen LogP contribution in [0.15, 0.2) is 53.4 Å². The van der Waals surface area contributed by atoms with Gasteiger partial charge >= 0.3 is 0 Å². The number of rotatable bonds is 5. The molecule has 0 heterocycles. The van der Waals surface area contributed by atoms with Gasteiger partial charge in [-0.05, 0) is 43.3 Å². The summed E-state index contributed by atoms with van der Waals surface area (Å²) in [4.78, 5) is 13.3. The highest BCUT2D eigenvalue weighted by Gasteiger charge is 2.17. The third-order valence-corrected chi connectivity index (χ3v) is 4.50. The number of benzene rings is 2. The minimum atomic E-state index is -0.191. The van der Waals surface area contributed by atoms with E-state index in [1.54, 1.807) is 31.4 Å². The molecule has 2 aromatic rings.